The van der Waals surface area contributed by atoms with Gasteiger partial charge in [-0.2, -0.15) is 0 Å². The number of hydrogen-bond acceptors (Lipinski definition) is 2. The molecule has 0 spiro atoms. The van der Waals surface area contributed by atoms with Crippen molar-refractivity contribution in [3.8, 4) is 0 Å². The van der Waals surface area contributed by atoms with Crippen LogP contribution in [-0.4, -0.2) is 25.2 Å². The summed E-state index contributed by atoms with van der Waals surface area (Å²) in [5.74, 6) is 0. The molecule has 4 heteroatoms. The third-order valence-corrected chi connectivity index (χ3v) is 6.95. The Morgan fingerprint density at radius 1 is 1.27 bits per heavy atom. The highest BCUT2D eigenvalue weighted by atomic mass is 28.3. The van der Waals surface area contributed by atoms with Crippen molar-refractivity contribution in [1.82, 2.24) is 0 Å². The Hall–Kier alpha value is -0.838. The molecule has 0 heterocycles. The van der Waals surface area contributed by atoms with Gasteiger partial charge < -0.3 is 10.0 Å². The van der Waals surface area contributed by atoms with Crippen LogP contribution >= 0.6 is 0 Å². The van der Waals surface area contributed by atoms with Gasteiger partial charge in [0.1, 0.15) is 0 Å². The quantitative estimate of drug-likeness (QED) is 0.590. The van der Waals surface area contributed by atoms with Gasteiger partial charge in [-0.15, -0.1) is 6.58 Å². The van der Waals surface area contributed by atoms with Gasteiger partial charge in [0, 0.05) is 5.44 Å². The summed E-state index contributed by atoms with van der Waals surface area (Å²) in [6.45, 7) is 7.93. The molecule has 0 radical (unpaired) electrons. The molecule has 1 rings (SSSR count). The molecule has 0 amide bonds. The van der Waals surface area contributed by atoms with E-state index >= 15 is 0 Å². The van der Waals surface area contributed by atoms with E-state index in [9.17, 15) is 10.0 Å². The fraction of sp³-hybridized carbons (Fsp3) is 0.273. The molecule has 1 unspecified atom stereocenters. The van der Waals surface area contributed by atoms with E-state index in [1.54, 1.807) is 6.08 Å². The first-order valence-corrected chi connectivity index (χ1v) is 8.12. The van der Waals surface area contributed by atoms with Crippen LogP contribution in [0.1, 0.15) is 0 Å². The van der Waals surface area contributed by atoms with Crippen LogP contribution in [-0.2, 0) is 0 Å². The summed E-state index contributed by atoms with van der Waals surface area (Å²) in [4.78, 5) is 0. The SMILES string of the molecule is C=CC(B(O)O)[Si](C)(C)c1ccccc1. The zero-order chi connectivity index (χ0) is 11.5. The van der Waals surface area contributed by atoms with Gasteiger partial charge in [0.2, 0.25) is 0 Å². The Kier molecular flexibility index (Phi) is 3.91. The Labute approximate surface area is 92.4 Å². The minimum Gasteiger partial charge on any atom is -0.427 e. The first-order chi connectivity index (χ1) is 7.00. The molecule has 2 N–H and O–H groups in total. The molecular weight excluding hydrogens is 203 g/mol. The van der Waals surface area contributed by atoms with Crippen LogP contribution in [0.2, 0.25) is 18.5 Å². The fourth-order valence-corrected chi connectivity index (χ4v) is 4.62. The van der Waals surface area contributed by atoms with Crippen molar-refractivity contribution in [3.63, 3.8) is 0 Å². The Morgan fingerprint density at radius 3 is 2.20 bits per heavy atom. The maximum absolute atomic E-state index is 9.33. The highest BCUT2D eigenvalue weighted by Gasteiger charge is 2.38. The zero-order valence-electron chi connectivity index (χ0n) is 9.22. The maximum atomic E-state index is 9.33. The number of hydrogen-bond donors (Lipinski definition) is 2. The Morgan fingerprint density at radius 2 is 1.80 bits per heavy atom. The van der Waals surface area contributed by atoms with E-state index < -0.39 is 15.2 Å². The van der Waals surface area contributed by atoms with Crippen LogP contribution in [0.3, 0.4) is 0 Å². The summed E-state index contributed by atoms with van der Waals surface area (Å²) < 4.78 is 0. The average molecular weight is 220 g/mol. The van der Waals surface area contributed by atoms with Crippen molar-refractivity contribution >= 4 is 20.4 Å². The molecular formula is C11H17BO2Si. The van der Waals surface area contributed by atoms with Crippen LogP contribution in [0.25, 0.3) is 0 Å². The predicted molar refractivity (Wildman–Crippen MR) is 67.7 cm³/mol. The molecule has 15 heavy (non-hydrogen) atoms. The zero-order valence-corrected chi connectivity index (χ0v) is 10.2. The summed E-state index contributed by atoms with van der Waals surface area (Å²) in [7, 11) is -3.21. The molecule has 0 saturated carbocycles. The summed E-state index contributed by atoms with van der Waals surface area (Å²) >= 11 is 0. The van der Waals surface area contributed by atoms with Gasteiger partial charge in [-0.25, -0.2) is 0 Å². The molecule has 1 aromatic carbocycles. The molecule has 2 nitrogen and oxygen atoms in total. The first kappa shape index (κ1) is 12.2. The van der Waals surface area contributed by atoms with Crippen molar-refractivity contribution in [2.24, 2.45) is 0 Å². The van der Waals surface area contributed by atoms with E-state index in [0.29, 0.717) is 0 Å². The largest absolute Gasteiger partial charge is 0.456 e. The van der Waals surface area contributed by atoms with Crippen LogP contribution in [0.5, 0.6) is 0 Å². The highest BCUT2D eigenvalue weighted by Crippen LogP contribution is 2.23. The molecule has 0 aliphatic rings. The van der Waals surface area contributed by atoms with E-state index in [-0.39, 0.29) is 5.44 Å². The minimum atomic E-state index is -1.89. The third-order valence-electron chi connectivity index (χ3n) is 2.93. The maximum Gasteiger partial charge on any atom is 0.456 e. The summed E-state index contributed by atoms with van der Waals surface area (Å²) in [6, 6.07) is 10.0. The van der Waals surface area contributed by atoms with Crippen molar-refractivity contribution in [2.75, 3.05) is 0 Å². The molecule has 0 aliphatic heterocycles. The minimum absolute atomic E-state index is 0.236. The van der Waals surface area contributed by atoms with Gasteiger partial charge >= 0.3 is 7.12 Å². The summed E-state index contributed by atoms with van der Waals surface area (Å²) in [5, 5.41) is 19.9. The second-order valence-electron chi connectivity index (χ2n) is 4.26. The molecule has 0 saturated heterocycles. The number of benzene rings is 1. The summed E-state index contributed by atoms with van der Waals surface area (Å²) in [6.07, 6.45) is 1.66. The molecule has 1 atom stereocenters. The lowest BCUT2D eigenvalue weighted by molar-refractivity contribution is 0.405. The van der Waals surface area contributed by atoms with Crippen LogP contribution in [0.15, 0.2) is 43.0 Å². The second-order valence-corrected chi connectivity index (χ2v) is 8.95. The van der Waals surface area contributed by atoms with Crippen molar-refractivity contribution in [3.05, 3.63) is 43.0 Å². The van der Waals surface area contributed by atoms with E-state index in [0.717, 1.165) is 0 Å². The van der Waals surface area contributed by atoms with Crippen LogP contribution in [0, 0.1) is 0 Å². The van der Waals surface area contributed by atoms with Gasteiger partial charge in [0.05, 0.1) is 8.07 Å². The lowest BCUT2D eigenvalue weighted by Gasteiger charge is -2.30. The Balaban J connectivity index is 3.05. The van der Waals surface area contributed by atoms with Gasteiger partial charge in [-0.3, -0.25) is 0 Å². The lowest BCUT2D eigenvalue weighted by atomic mass is 9.85. The second kappa shape index (κ2) is 4.79. The third kappa shape index (κ3) is 2.59. The van der Waals surface area contributed by atoms with E-state index in [1.807, 2.05) is 30.3 Å². The standard InChI is InChI=1S/C11H17BO2Si/c1-4-11(12(13)14)15(2,3)10-8-6-5-7-9-10/h4-9,11,13-14H,1H2,2-3H3. The number of allylic oxidation sites excluding steroid dienone is 1. The molecule has 0 bridgehead atoms. The highest BCUT2D eigenvalue weighted by molar-refractivity contribution is 6.97. The molecule has 80 valence electrons. The predicted octanol–water partition coefficient (Wildman–Crippen LogP) is 1.17. The van der Waals surface area contributed by atoms with E-state index in [2.05, 4.69) is 19.7 Å². The van der Waals surface area contributed by atoms with Gasteiger partial charge in [0.15, 0.2) is 0 Å². The van der Waals surface area contributed by atoms with Crippen LogP contribution < -0.4 is 5.19 Å². The average Bonchev–Trinajstić information content (AvgIpc) is 2.19. The molecule has 1 aromatic rings. The fourth-order valence-electron chi connectivity index (χ4n) is 1.85. The van der Waals surface area contributed by atoms with Crippen LogP contribution in [0.4, 0.5) is 0 Å². The van der Waals surface area contributed by atoms with Gasteiger partial charge in [0.25, 0.3) is 0 Å². The smallest absolute Gasteiger partial charge is 0.427 e. The monoisotopic (exact) mass is 220 g/mol. The molecule has 0 aromatic heterocycles. The van der Waals surface area contributed by atoms with Crippen molar-refractivity contribution in [2.45, 2.75) is 18.5 Å². The topological polar surface area (TPSA) is 40.5 Å². The van der Waals surface area contributed by atoms with Crippen molar-refractivity contribution in [1.29, 1.82) is 0 Å². The van der Waals surface area contributed by atoms with E-state index in [1.165, 1.54) is 5.19 Å². The Bertz CT molecular complexity index is 325. The van der Waals surface area contributed by atoms with Gasteiger partial charge in [-0.05, 0) is 0 Å². The molecule has 0 fully saturated rings. The normalized spacial score (nSPS) is 13.3. The first-order valence-electron chi connectivity index (χ1n) is 5.04. The van der Waals surface area contributed by atoms with Crippen molar-refractivity contribution < 1.29 is 10.0 Å². The van der Waals surface area contributed by atoms with Gasteiger partial charge in [-0.1, -0.05) is 54.7 Å². The number of rotatable bonds is 4. The lowest BCUT2D eigenvalue weighted by Crippen LogP contribution is -2.50. The van der Waals surface area contributed by atoms with E-state index in [4.69, 9.17) is 0 Å². The molecule has 0 aliphatic carbocycles. The summed E-state index contributed by atoms with van der Waals surface area (Å²) in [5.41, 5.74) is -0.236.